The van der Waals surface area contributed by atoms with Gasteiger partial charge in [0.15, 0.2) is 0 Å². The number of rotatable bonds is 5. The second-order valence-electron chi connectivity index (χ2n) is 6.94. The van der Waals surface area contributed by atoms with Crippen molar-refractivity contribution in [1.82, 2.24) is 14.9 Å². The summed E-state index contributed by atoms with van der Waals surface area (Å²) >= 11 is 0. The molecule has 3 rings (SSSR count). The number of hydrazine groups is 1. The van der Waals surface area contributed by atoms with Crippen molar-refractivity contribution in [2.45, 2.75) is 25.6 Å². The number of ether oxygens (including phenoxy) is 1. The minimum Gasteiger partial charge on any atom is -0.443 e. The summed E-state index contributed by atoms with van der Waals surface area (Å²) in [6.07, 6.45) is -0.0896. The van der Waals surface area contributed by atoms with E-state index in [4.69, 9.17) is 4.74 Å². The molecule has 1 unspecified atom stereocenters. The average Bonchev–Trinajstić information content (AvgIpc) is 3.14. The van der Waals surface area contributed by atoms with Crippen LogP contribution in [0.5, 0.6) is 0 Å². The highest BCUT2D eigenvalue weighted by molar-refractivity contribution is 5.82. The highest BCUT2D eigenvalue weighted by atomic mass is 19.1. The van der Waals surface area contributed by atoms with Crippen LogP contribution in [-0.2, 0) is 22.6 Å². The number of hydrogen-bond acceptors (Lipinski definition) is 4. The predicted octanol–water partition coefficient (Wildman–Crippen LogP) is 3.04. The summed E-state index contributed by atoms with van der Waals surface area (Å²) in [5.74, 6) is -0.589. The largest absolute Gasteiger partial charge is 0.443 e. The van der Waals surface area contributed by atoms with Crippen molar-refractivity contribution in [3.63, 3.8) is 0 Å². The molecule has 2 amide bonds. The van der Waals surface area contributed by atoms with Crippen LogP contribution in [-0.4, -0.2) is 53.7 Å². The summed E-state index contributed by atoms with van der Waals surface area (Å²) in [6, 6.07) is 15.2. The molecule has 0 aromatic heterocycles. The van der Waals surface area contributed by atoms with Gasteiger partial charge < -0.3 is 4.74 Å². The molecule has 0 spiro atoms. The first kappa shape index (κ1) is 19.8. The van der Waals surface area contributed by atoms with Crippen LogP contribution < -0.4 is 0 Å². The van der Waals surface area contributed by atoms with E-state index < -0.39 is 6.09 Å². The Morgan fingerprint density at radius 1 is 1.07 bits per heavy atom. The second-order valence-corrected chi connectivity index (χ2v) is 6.94. The van der Waals surface area contributed by atoms with Crippen LogP contribution in [0.15, 0.2) is 54.6 Å². The Labute approximate surface area is 164 Å². The molecule has 2 aromatic carbocycles. The molecule has 1 heterocycles. The molecule has 1 saturated heterocycles. The summed E-state index contributed by atoms with van der Waals surface area (Å²) in [6.45, 7) is 0.536. The molecule has 0 bridgehead atoms. The van der Waals surface area contributed by atoms with Gasteiger partial charge in [-0.05, 0) is 37.4 Å². The van der Waals surface area contributed by atoms with Gasteiger partial charge in [-0.3, -0.25) is 9.69 Å². The van der Waals surface area contributed by atoms with Crippen LogP contribution in [0.4, 0.5) is 9.18 Å². The quantitative estimate of drug-likeness (QED) is 0.794. The Kier molecular flexibility index (Phi) is 6.26. The van der Waals surface area contributed by atoms with E-state index in [0.29, 0.717) is 18.5 Å². The number of halogens is 1. The maximum Gasteiger partial charge on any atom is 0.429 e. The van der Waals surface area contributed by atoms with E-state index in [1.54, 1.807) is 12.1 Å². The third kappa shape index (κ3) is 4.67. The molecule has 2 aromatic rings. The molecule has 28 heavy (non-hydrogen) atoms. The molecule has 0 N–H and O–H groups in total. The Balaban J connectivity index is 1.70. The Hall–Kier alpha value is -2.93. The van der Waals surface area contributed by atoms with Gasteiger partial charge in [-0.25, -0.2) is 19.2 Å². The molecular formula is C21H24FN3O3. The molecular weight excluding hydrogens is 361 g/mol. The van der Waals surface area contributed by atoms with E-state index in [1.807, 2.05) is 49.3 Å². The molecule has 1 aliphatic rings. The summed E-state index contributed by atoms with van der Waals surface area (Å²) in [5, 5.41) is 2.82. The summed E-state index contributed by atoms with van der Waals surface area (Å²) in [4.78, 5) is 27.5. The van der Waals surface area contributed by atoms with E-state index in [2.05, 4.69) is 0 Å². The van der Waals surface area contributed by atoms with Crippen LogP contribution in [0, 0.1) is 5.82 Å². The molecule has 1 fully saturated rings. The lowest BCUT2D eigenvalue weighted by molar-refractivity contribution is -0.149. The number of carbonyl (C=O) groups excluding carboxylic acids is 2. The van der Waals surface area contributed by atoms with Crippen molar-refractivity contribution in [2.75, 3.05) is 20.6 Å². The fourth-order valence-corrected chi connectivity index (χ4v) is 3.24. The molecule has 0 radical (unpaired) electrons. The average molecular weight is 385 g/mol. The van der Waals surface area contributed by atoms with E-state index in [0.717, 1.165) is 5.56 Å². The zero-order chi connectivity index (χ0) is 20.1. The van der Waals surface area contributed by atoms with Crippen LogP contribution in [0.25, 0.3) is 0 Å². The second kappa shape index (κ2) is 8.84. The van der Waals surface area contributed by atoms with Gasteiger partial charge in [0.05, 0.1) is 6.42 Å². The Morgan fingerprint density at radius 3 is 2.39 bits per heavy atom. The molecule has 1 atom stereocenters. The molecule has 0 aliphatic carbocycles. The van der Waals surface area contributed by atoms with Crippen molar-refractivity contribution < 1.29 is 18.7 Å². The van der Waals surface area contributed by atoms with E-state index >= 15 is 0 Å². The highest BCUT2D eigenvalue weighted by Crippen LogP contribution is 2.23. The zero-order valence-electron chi connectivity index (χ0n) is 16.0. The number of nitrogens with zero attached hydrogens (tertiary/aromatic N) is 3. The van der Waals surface area contributed by atoms with Gasteiger partial charge >= 0.3 is 6.09 Å². The zero-order valence-corrected chi connectivity index (χ0v) is 16.0. The third-order valence-corrected chi connectivity index (χ3v) is 4.68. The Morgan fingerprint density at radius 2 is 1.75 bits per heavy atom. The van der Waals surface area contributed by atoms with Crippen LogP contribution in [0.3, 0.4) is 0 Å². The highest BCUT2D eigenvalue weighted by Gasteiger charge is 2.40. The molecule has 148 valence electrons. The standard InChI is InChI=1S/C21H24FN3O3/c1-23(2)19-12-13-24(21(27)28-15-17-6-4-3-5-7-17)25(19)20(26)14-16-8-10-18(22)11-9-16/h3-11,19H,12-15H2,1-2H3. The van der Waals surface area contributed by atoms with Crippen LogP contribution in [0.1, 0.15) is 17.5 Å². The molecule has 6 nitrogen and oxygen atoms in total. The summed E-state index contributed by atoms with van der Waals surface area (Å²) in [5.41, 5.74) is 1.57. The van der Waals surface area contributed by atoms with Gasteiger partial charge in [0.1, 0.15) is 18.6 Å². The maximum absolute atomic E-state index is 13.1. The van der Waals surface area contributed by atoms with Crippen LogP contribution in [0.2, 0.25) is 0 Å². The fraction of sp³-hybridized carbons (Fsp3) is 0.333. The van der Waals surface area contributed by atoms with Gasteiger partial charge in [0, 0.05) is 13.0 Å². The number of hydrogen-bond donors (Lipinski definition) is 0. The first-order valence-corrected chi connectivity index (χ1v) is 9.17. The van der Waals surface area contributed by atoms with Crippen molar-refractivity contribution in [3.05, 3.63) is 71.5 Å². The smallest absolute Gasteiger partial charge is 0.429 e. The first-order chi connectivity index (χ1) is 13.5. The normalized spacial score (nSPS) is 16.5. The predicted molar refractivity (Wildman–Crippen MR) is 102 cm³/mol. The SMILES string of the molecule is CN(C)C1CCN(C(=O)OCc2ccccc2)N1C(=O)Cc1ccc(F)cc1. The summed E-state index contributed by atoms with van der Waals surface area (Å²) in [7, 11) is 3.73. The van der Waals surface area contributed by atoms with Crippen molar-refractivity contribution in [1.29, 1.82) is 0 Å². The van der Waals surface area contributed by atoms with Gasteiger partial charge in [0.2, 0.25) is 5.91 Å². The first-order valence-electron chi connectivity index (χ1n) is 9.17. The monoisotopic (exact) mass is 385 g/mol. The maximum atomic E-state index is 13.1. The lowest BCUT2D eigenvalue weighted by Crippen LogP contribution is -2.52. The molecule has 0 saturated carbocycles. The van der Waals surface area contributed by atoms with Crippen molar-refractivity contribution >= 4 is 12.0 Å². The molecule has 1 aliphatic heterocycles. The minimum atomic E-state index is -0.555. The number of amides is 2. The Bertz CT molecular complexity index is 811. The minimum absolute atomic E-state index is 0.0765. The number of benzene rings is 2. The third-order valence-electron chi connectivity index (χ3n) is 4.68. The van der Waals surface area contributed by atoms with E-state index in [1.165, 1.54) is 22.2 Å². The lowest BCUT2D eigenvalue weighted by atomic mass is 10.1. The van der Waals surface area contributed by atoms with E-state index in [9.17, 15) is 14.0 Å². The fourth-order valence-electron chi connectivity index (χ4n) is 3.24. The van der Waals surface area contributed by atoms with Crippen molar-refractivity contribution in [3.8, 4) is 0 Å². The van der Waals surface area contributed by atoms with Gasteiger partial charge in [-0.15, -0.1) is 0 Å². The van der Waals surface area contributed by atoms with Crippen LogP contribution >= 0.6 is 0 Å². The lowest BCUT2D eigenvalue weighted by Gasteiger charge is -2.34. The van der Waals surface area contributed by atoms with Gasteiger partial charge in [-0.2, -0.15) is 0 Å². The topological polar surface area (TPSA) is 53.1 Å². The molecule has 7 heteroatoms. The van der Waals surface area contributed by atoms with Gasteiger partial charge in [0.25, 0.3) is 0 Å². The van der Waals surface area contributed by atoms with Gasteiger partial charge in [-0.1, -0.05) is 42.5 Å². The number of carbonyl (C=O) groups is 2. The van der Waals surface area contributed by atoms with E-state index in [-0.39, 0.29) is 30.9 Å². The van der Waals surface area contributed by atoms with Crippen molar-refractivity contribution in [2.24, 2.45) is 0 Å². The summed E-state index contributed by atoms with van der Waals surface area (Å²) < 4.78 is 18.5.